The summed E-state index contributed by atoms with van der Waals surface area (Å²) in [7, 11) is 0. The van der Waals surface area contributed by atoms with Gasteiger partial charge in [-0.25, -0.2) is 0 Å². The van der Waals surface area contributed by atoms with Gasteiger partial charge >= 0.3 is 0 Å². The number of hydrogen-bond donors (Lipinski definition) is 1. The first-order valence-electron chi connectivity index (χ1n) is 11.1. The Morgan fingerprint density at radius 1 is 1.16 bits per heavy atom. The van der Waals surface area contributed by atoms with Gasteiger partial charge in [-0.1, -0.05) is 79.0 Å². The van der Waals surface area contributed by atoms with Gasteiger partial charge in [0.2, 0.25) is 5.91 Å². The fourth-order valence-corrected chi connectivity index (χ4v) is 4.63. The Morgan fingerprint density at radius 3 is 2.72 bits per heavy atom. The Balaban J connectivity index is 1.89. The van der Waals surface area contributed by atoms with Crippen molar-refractivity contribution in [2.75, 3.05) is 0 Å². The molecule has 0 saturated carbocycles. The topological polar surface area (TPSA) is 59.8 Å². The van der Waals surface area contributed by atoms with E-state index in [1.165, 1.54) is 11.1 Å². The molecule has 32 heavy (non-hydrogen) atoms. The number of benzene rings is 2. The molecule has 1 N–H and O–H groups in total. The van der Waals surface area contributed by atoms with E-state index in [0.29, 0.717) is 17.3 Å². The molecule has 0 spiro atoms. The van der Waals surface area contributed by atoms with Gasteiger partial charge in [0.15, 0.2) is 11.0 Å². The molecule has 170 valence electrons. The van der Waals surface area contributed by atoms with E-state index in [2.05, 4.69) is 53.6 Å². The number of hydrogen-bond acceptors (Lipinski definition) is 4. The lowest BCUT2D eigenvalue weighted by Gasteiger charge is -2.18. The van der Waals surface area contributed by atoms with Crippen molar-refractivity contribution in [1.29, 1.82) is 0 Å². The van der Waals surface area contributed by atoms with Crippen LogP contribution >= 0.6 is 23.4 Å². The molecule has 0 aliphatic carbocycles. The second-order valence-corrected chi connectivity index (χ2v) is 9.51. The molecule has 0 fully saturated rings. The lowest BCUT2D eigenvalue weighted by atomic mass is 10.1. The first-order chi connectivity index (χ1) is 15.4. The number of nitrogens with zero attached hydrogens (tertiary/aromatic N) is 3. The van der Waals surface area contributed by atoms with E-state index in [1.807, 2.05) is 36.6 Å². The highest BCUT2D eigenvalue weighted by molar-refractivity contribution is 7.98. The predicted molar refractivity (Wildman–Crippen MR) is 133 cm³/mol. The lowest BCUT2D eigenvalue weighted by molar-refractivity contribution is -0.121. The van der Waals surface area contributed by atoms with Gasteiger partial charge in [0.05, 0.1) is 11.7 Å². The summed E-state index contributed by atoms with van der Waals surface area (Å²) in [6.45, 7) is 8.22. The van der Waals surface area contributed by atoms with Crippen molar-refractivity contribution in [2.45, 2.75) is 70.3 Å². The molecule has 1 unspecified atom stereocenters. The fraction of sp³-hybridized carbons (Fsp3) is 0.400. The smallest absolute Gasteiger partial charge is 0.220 e. The molecular weight excluding hydrogens is 440 g/mol. The molecule has 2 aromatic carbocycles. The van der Waals surface area contributed by atoms with E-state index in [0.717, 1.165) is 41.4 Å². The Labute approximate surface area is 200 Å². The van der Waals surface area contributed by atoms with Crippen LogP contribution in [0.25, 0.3) is 5.69 Å². The molecule has 0 saturated heterocycles. The van der Waals surface area contributed by atoms with Crippen LogP contribution in [0.15, 0.2) is 47.6 Å². The minimum absolute atomic E-state index is 0.0391. The van der Waals surface area contributed by atoms with Crippen LogP contribution in [0, 0.1) is 13.8 Å². The monoisotopic (exact) mass is 470 g/mol. The SMILES string of the molecule is CCCCCC(=O)NC(C)c1nnc(SCc2cccc(C)c2)n1-c1cc(Cl)ccc1C. The van der Waals surface area contributed by atoms with Gasteiger partial charge < -0.3 is 5.32 Å². The van der Waals surface area contributed by atoms with Crippen LogP contribution in [0.1, 0.15) is 68.1 Å². The second kappa shape index (κ2) is 11.5. The Hall–Kier alpha value is -2.31. The average molecular weight is 471 g/mol. The van der Waals surface area contributed by atoms with E-state index < -0.39 is 0 Å². The summed E-state index contributed by atoms with van der Waals surface area (Å²) in [5, 5.41) is 13.5. The summed E-state index contributed by atoms with van der Waals surface area (Å²) >= 11 is 7.96. The van der Waals surface area contributed by atoms with Crippen LogP contribution in [0.3, 0.4) is 0 Å². The normalized spacial score (nSPS) is 12.0. The van der Waals surface area contributed by atoms with Crippen LogP contribution in [0.4, 0.5) is 0 Å². The number of carbonyl (C=O) groups excluding carboxylic acids is 1. The third-order valence-corrected chi connectivity index (χ3v) is 6.53. The number of aromatic nitrogens is 3. The van der Waals surface area contributed by atoms with Crippen molar-refractivity contribution in [3.63, 3.8) is 0 Å². The number of rotatable bonds is 10. The van der Waals surface area contributed by atoms with Crippen molar-refractivity contribution in [2.24, 2.45) is 0 Å². The Bertz CT molecular complexity index is 1070. The summed E-state index contributed by atoms with van der Waals surface area (Å²) in [6.07, 6.45) is 3.57. The van der Waals surface area contributed by atoms with Crippen molar-refractivity contribution in [3.8, 4) is 5.69 Å². The number of aryl methyl sites for hydroxylation is 2. The van der Waals surface area contributed by atoms with E-state index in [4.69, 9.17) is 11.6 Å². The molecule has 5 nitrogen and oxygen atoms in total. The number of amides is 1. The van der Waals surface area contributed by atoms with Crippen LogP contribution in [-0.2, 0) is 10.5 Å². The standard InChI is InChI=1S/C25H31ClN4OS/c1-5-6-7-11-23(31)27-19(4)24-28-29-25(32-16-20-10-8-9-17(2)14-20)30(24)22-15-21(26)13-12-18(22)3/h8-10,12-15,19H,5-7,11,16H2,1-4H3,(H,27,31). The van der Waals surface area contributed by atoms with Crippen LogP contribution in [-0.4, -0.2) is 20.7 Å². The third kappa shape index (κ3) is 6.36. The van der Waals surface area contributed by atoms with Gasteiger partial charge in [0.1, 0.15) is 0 Å². The zero-order chi connectivity index (χ0) is 23.1. The van der Waals surface area contributed by atoms with E-state index in [1.54, 1.807) is 11.8 Å². The molecule has 3 aromatic rings. The molecule has 1 aromatic heterocycles. The number of carbonyl (C=O) groups is 1. The van der Waals surface area contributed by atoms with E-state index >= 15 is 0 Å². The van der Waals surface area contributed by atoms with Crippen LogP contribution < -0.4 is 5.32 Å². The molecule has 7 heteroatoms. The lowest BCUT2D eigenvalue weighted by Crippen LogP contribution is -2.28. The minimum Gasteiger partial charge on any atom is -0.346 e. The first kappa shape index (κ1) is 24.3. The minimum atomic E-state index is -0.275. The van der Waals surface area contributed by atoms with Gasteiger partial charge in [0.25, 0.3) is 0 Å². The maximum atomic E-state index is 12.4. The van der Waals surface area contributed by atoms with Crippen molar-refractivity contribution in [1.82, 2.24) is 20.1 Å². The second-order valence-electron chi connectivity index (χ2n) is 8.13. The fourth-order valence-electron chi connectivity index (χ4n) is 3.57. The van der Waals surface area contributed by atoms with Crippen molar-refractivity contribution < 1.29 is 4.79 Å². The largest absolute Gasteiger partial charge is 0.346 e. The van der Waals surface area contributed by atoms with E-state index in [-0.39, 0.29) is 11.9 Å². The summed E-state index contributed by atoms with van der Waals surface area (Å²) in [4.78, 5) is 12.4. The number of thioether (sulfide) groups is 1. The van der Waals surface area contributed by atoms with E-state index in [9.17, 15) is 4.79 Å². The average Bonchev–Trinajstić information content (AvgIpc) is 3.18. The highest BCUT2D eigenvalue weighted by atomic mass is 35.5. The van der Waals surface area contributed by atoms with Gasteiger partial charge in [-0.3, -0.25) is 9.36 Å². The number of halogens is 1. The summed E-state index contributed by atoms with van der Waals surface area (Å²) in [6, 6.07) is 14.0. The quantitative estimate of drug-likeness (QED) is 0.268. The van der Waals surface area contributed by atoms with Crippen molar-refractivity contribution in [3.05, 3.63) is 70.0 Å². The van der Waals surface area contributed by atoms with Crippen LogP contribution in [0.2, 0.25) is 5.02 Å². The Morgan fingerprint density at radius 2 is 1.97 bits per heavy atom. The molecule has 0 bridgehead atoms. The van der Waals surface area contributed by atoms with Gasteiger partial charge in [-0.2, -0.15) is 0 Å². The molecular formula is C25H31ClN4OS. The van der Waals surface area contributed by atoms with Gasteiger partial charge in [0, 0.05) is 17.2 Å². The zero-order valence-corrected chi connectivity index (χ0v) is 20.8. The van der Waals surface area contributed by atoms with Gasteiger partial charge in [-0.15, -0.1) is 10.2 Å². The molecule has 1 atom stereocenters. The maximum Gasteiger partial charge on any atom is 0.220 e. The van der Waals surface area contributed by atoms with Crippen LogP contribution in [0.5, 0.6) is 0 Å². The third-order valence-electron chi connectivity index (χ3n) is 5.29. The molecule has 0 aliphatic heterocycles. The number of nitrogens with one attached hydrogen (secondary N) is 1. The zero-order valence-electron chi connectivity index (χ0n) is 19.2. The summed E-state index contributed by atoms with van der Waals surface area (Å²) in [5.74, 6) is 1.51. The highest BCUT2D eigenvalue weighted by Gasteiger charge is 2.22. The summed E-state index contributed by atoms with van der Waals surface area (Å²) < 4.78 is 2.03. The summed E-state index contributed by atoms with van der Waals surface area (Å²) in [5.41, 5.74) is 4.45. The van der Waals surface area contributed by atoms with Crippen molar-refractivity contribution >= 4 is 29.3 Å². The molecule has 0 radical (unpaired) electrons. The highest BCUT2D eigenvalue weighted by Crippen LogP contribution is 2.30. The molecule has 1 heterocycles. The molecule has 0 aliphatic rings. The predicted octanol–water partition coefficient (Wildman–Crippen LogP) is 6.59. The molecule has 3 rings (SSSR count). The maximum absolute atomic E-state index is 12.4. The Kier molecular flexibility index (Phi) is 8.76. The number of unbranched alkanes of at least 4 members (excludes halogenated alkanes) is 2. The molecule has 1 amide bonds. The first-order valence-corrected chi connectivity index (χ1v) is 12.4. The van der Waals surface area contributed by atoms with Gasteiger partial charge in [-0.05, 0) is 50.5 Å².